The lowest BCUT2D eigenvalue weighted by Gasteiger charge is -2.15. The van der Waals surface area contributed by atoms with Crippen molar-refractivity contribution in [1.29, 1.82) is 0 Å². The molecule has 0 saturated heterocycles. The Morgan fingerprint density at radius 3 is 2.53 bits per heavy atom. The normalized spacial score (nSPS) is 18.2. The van der Waals surface area contributed by atoms with Crippen LogP contribution in [0.1, 0.15) is 5.56 Å². The Bertz CT molecular complexity index is 585. The number of benzene rings is 2. The molecule has 2 aromatic carbocycles. The molecule has 3 rings (SSSR count). The van der Waals surface area contributed by atoms with Crippen LogP contribution in [0, 0.1) is 5.82 Å². The Morgan fingerprint density at radius 1 is 1.06 bits per heavy atom. The monoisotopic (exact) mass is 247 g/mol. The number of rotatable bonds is 1. The van der Waals surface area contributed by atoms with Crippen molar-refractivity contribution in [1.82, 2.24) is 0 Å². The molecule has 2 nitrogen and oxygen atoms in total. The first-order valence-electron chi connectivity index (χ1n) is 5.29. The minimum Gasteiger partial charge on any atom is -0.283 e. The molecule has 1 unspecified atom stereocenters. The molecule has 0 saturated carbocycles. The first-order chi connectivity index (χ1) is 8.27. The van der Waals surface area contributed by atoms with Crippen LogP contribution in [-0.4, -0.2) is 4.21 Å². The highest BCUT2D eigenvalue weighted by Gasteiger charge is 2.29. The van der Waals surface area contributed by atoms with Crippen molar-refractivity contribution < 1.29 is 8.60 Å². The van der Waals surface area contributed by atoms with Crippen LogP contribution in [0.25, 0.3) is 0 Å². The average molecular weight is 247 g/mol. The van der Waals surface area contributed by atoms with Gasteiger partial charge in [-0.15, -0.1) is 0 Å². The molecule has 1 heterocycles. The first kappa shape index (κ1) is 10.5. The lowest BCUT2D eigenvalue weighted by atomic mass is 10.2. The molecule has 0 aromatic heterocycles. The van der Waals surface area contributed by atoms with Crippen LogP contribution >= 0.6 is 0 Å². The number of hydrogen-bond acceptors (Lipinski definition) is 1. The standard InChI is InChI=1S/C13H10FNOS/c14-12-7-4-8-13-11(12)9-15(17(13)16)10-5-2-1-3-6-10/h1-8H,9H2. The molecular weight excluding hydrogens is 237 g/mol. The molecule has 0 aliphatic carbocycles. The SMILES string of the molecule is O=S1c2cccc(F)c2CN1c1ccccc1. The molecule has 0 spiro atoms. The predicted octanol–water partition coefficient (Wildman–Crippen LogP) is 2.87. The van der Waals surface area contributed by atoms with Crippen LogP contribution < -0.4 is 4.31 Å². The van der Waals surface area contributed by atoms with Gasteiger partial charge in [-0.2, -0.15) is 0 Å². The Balaban J connectivity index is 2.05. The number of para-hydroxylation sites is 1. The molecule has 1 aliphatic heterocycles. The second-order valence-electron chi connectivity index (χ2n) is 3.84. The lowest BCUT2D eigenvalue weighted by Crippen LogP contribution is -2.17. The highest BCUT2D eigenvalue weighted by Crippen LogP contribution is 2.32. The molecule has 0 fully saturated rings. The van der Waals surface area contributed by atoms with Gasteiger partial charge in [0.05, 0.1) is 11.4 Å². The summed E-state index contributed by atoms with van der Waals surface area (Å²) in [5.74, 6) is -0.283. The van der Waals surface area contributed by atoms with Crippen molar-refractivity contribution in [3.8, 4) is 0 Å². The van der Waals surface area contributed by atoms with Gasteiger partial charge in [0.1, 0.15) is 5.82 Å². The molecule has 17 heavy (non-hydrogen) atoms. The summed E-state index contributed by atoms with van der Waals surface area (Å²) in [5.41, 5.74) is 1.39. The Morgan fingerprint density at radius 2 is 1.82 bits per heavy atom. The summed E-state index contributed by atoms with van der Waals surface area (Å²) in [5, 5.41) is 0. The van der Waals surface area contributed by atoms with E-state index in [2.05, 4.69) is 0 Å². The Labute approximate surface area is 101 Å². The third kappa shape index (κ3) is 1.65. The van der Waals surface area contributed by atoms with E-state index in [1.54, 1.807) is 16.4 Å². The van der Waals surface area contributed by atoms with E-state index in [0.29, 0.717) is 17.0 Å². The van der Waals surface area contributed by atoms with Crippen LogP contribution in [0.5, 0.6) is 0 Å². The summed E-state index contributed by atoms with van der Waals surface area (Å²) in [6.45, 7) is 0.360. The molecule has 0 amide bonds. The van der Waals surface area contributed by atoms with Gasteiger partial charge in [-0.25, -0.2) is 8.60 Å². The summed E-state index contributed by atoms with van der Waals surface area (Å²) in [6.07, 6.45) is 0. The van der Waals surface area contributed by atoms with Gasteiger partial charge in [-0.3, -0.25) is 4.31 Å². The fourth-order valence-corrected chi connectivity index (χ4v) is 3.32. The summed E-state index contributed by atoms with van der Waals surface area (Å²) in [4.78, 5) is 0.578. The van der Waals surface area contributed by atoms with Crippen molar-refractivity contribution in [2.75, 3.05) is 4.31 Å². The van der Waals surface area contributed by atoms with Gasteiger partial charge in [0.15, 0.2) is 11.0 Å². The van der Waals surface area contributed by atoms with Gasteiger partial charge in [0, 0.05) is 11.3 Å². The van der Waals surface area contributed by atoms with Gasteiger partial charge in [0.25, 0.3) is 0 Å². The molecule has 0 N–H and O–H groups in total. The summed E-state index contributed by atoms with van der Waals surface area (Å²) >= 11 is 0. The number of hydrogen-bond donors (Lipinski definition) is 0. The van der Waals surface area contributed by atoms with E-state index in [4.69, 9.17) is 0 Å². The van der Waals surface area contributed by atoms with Crippen molar-refractivity contribution >= 4 is 16.7 Å². The quantitative estimate of drug-likeness (QED) is 0.758. The maximum absolute atomic E-state index is 13.6. The van der Waals surface area contributed by atoms with Crippen molar-refractivity contribution in [2.45, 2.75) is 11.4 Å². The Kier molecular flexibility index (Phi) is 2.44. The lowest BCUT2D eigenvalue weighted by molar-refractivity contribution is 0.607. The zero-order valence-electron chi connectivity index (χ0n) is 8.97. The third-order valence-electron chi connectivity index (χ3n) is 2.81. The molecule has 0 radical (unpaired) electrons. The van der Waals surface area contributed by atoms with Crippen LogP contribution in [0.2, 0.25) is 0 Å². The molecule has 4 heteroatoms. The molecule has 2 aromatic rings. The topological polar surface area (TPSA) is 20.3 Å². The third-order valence-corrected chi connectivity index (χ3v) is 4.31. The highest BCUT2D eigenvalue weighted by molar-refractivity contribution is 7.86. The number of halogens is 1. The maximum atomic E-state index is 13.6. The number of nitrogens with zero attached hydrogens (tertiary/aromatic N) is 1. The van der Waals surface area contributed by atoms with Crippen LogP contribution in [0.3, 0.4) is 0 Å². The van der Waals surface area contributed by atoms with Crippen LogP contribution in [0.4, 0.5) is 10.1 Å². The second-order valence-corrected chi connectivity index (χ2v) is 5.22. The van der Waals surface area contributed by atoms with Crippen molar-refractivity contribution in [2.24, 2.45) is 0 Å². The fourth-order valence-electron chi connectivity index (χ4n) is 1.96. The van der Waals surface area contributed by atoms with E-state index in [1.807, 2.05) is 30.3 Å². The maximum Gasteiger partial charge on any atom is 0.153 e. The van der Waals surface area contributed by atoms with E-state index in [9.17, 15) is 8.60 Å². The van der Waals surface area contributed by atoms with Gasteiger partial charge >= 0.3 is 0 Å². The average Bonchev–Trinajstić information content (AvgIpc) is 2.70. The summed E-state index contributed by atoms with van der Waals surface area (Å²) in [7, 11) is -1.30. The van der Waals surface area contributed by atoms with Crippen molar-refractivity contribution in [3.63, 3.8) is 0 Å². The van der Waals surface area contributed by atoms with E-state index in [1.165, 1.54) is 6.07 Å². The summed E-state index contributed by atoms with van der Waals surface area (Å²) < 4.78 is 27.5. The molecular formula is C13H10FNOS. The minimum absolute atomic E-state index is 0.283. The fraction of sp³-hybridized carbons (Fsp3) is 0.0769. The highest BCUT2D eigenvalue weighted by atomic mass is 32.2. The second kappa shape index (κ2) is 3.96. The van der Waals surface area contributed by atoms with Crippen LogP contribution in [-0.2, 0) is 17.5 Å². The predicted molar refractivity (Wildman–Crippen MR) is 65.4 cm³/mol. The van der Waals surface area contributed by atoms with E-state index < -0.39 is 11.0 Å². The van der Waals surface area contributed by atoms with Gasteiger partial charge in [-0.05, 0) is 24.3 Å². The number of fused-ring (bicyclic) bond motifs is 1. The van der Waals surface area contributed by atoms with E-state index in [-0.39, 0.29) is 5.82 Å². The van der Waals surface area contributed by atoms with Gasteiger partial charge < -0.3 is 0 Å². The molecule has 1 aliphatic rings. The largest absolute Gasteiger partial charge is 0.283 e. The van der Waals surface area contributed by atoms with E-state index >= 15 is 0 Å². The van der Waals surface area contributed by atoms with Crippen molar-refractivity contribution in [3.05, 3.63) is 59.9 Å². The van der Waals surface area contributed by atoms with Gasteiger partial charge in [-0.1, -0.05) is 24.3 Å². The zero-order valence-corrected chi connectivity index (χ0v) is 9.78. The molecule has 0 bridgehead atoms. The van der Waals surface area contributed by atoms with Crippen LogP contribution in [0.15, 0.2) is 53.4 Å². The van der Waals surface area contributed by atoms with E-state index in [0.717, 1.165) is 5.69 Å². The zero-order chi connectivity index (χ0) is 11.8. The first-order valence-corrected chi connectivity index (χ1v) is 6.40. The minimum atomic E-state index is -1.30. The van der Waals surface area contributed by atoms with Gasteiger partial charge in [0.2, 0.25) is 0 Å². The smallest absolute Gasteiger partial charge is 0.153 e. The number of anilines is 1. The molecule has 1 atom stereocenters. The molecule has 86 valence electrons. The summed E-state index contributed by atoms with van der Waals surface area (Å²) in [6, 6.07) is 14.1. The Hall–Kier alpha value is -1.68.